The molecule has 0 radical (unpaired) electrons. The van der Waals surface area contributed by atoms with Crippen LogP contribution in [0.1, 0.15) is 41.1 Å². The van der Waals surface area contributed by atoms with E-state index in [9.17, 15) is 19.3 Å². The molecule has 2 N–H and O–H groups in total. The number of pyridine rings is 1. The van der Waals surface area contributed by atoms with Gasteiger partial charge in [-0.15, -0.1) is 0 Å². The van der Waals surface area contributed by atoms with Gasteiger partial charge < -0.3 is 24.8 Å². The molecule has 2 aromatic heterocycles. The molecule has 5 rings (SSSR count). The van der Waals surface area contributed by atoms with Gasteiger partial charge in [0.25, 0.3) is 5.69 Å². The number of rotatable bonds is 9. The van der Waals surface area contributed by atoms with E-state index in [1.54, 1.807) is 12.3 Å². The van der Waals surface area contributed by atoms with Crippen LogP contribution in [0.2, 0.25) is 0 Å². The molecule has 2 atom stereocenters. The number of nitro benzene ring substituents is 1. The van der Waals surface area contributed by atoms with E-state index in [1.165, 1.54) is 43.5 Å². The van der Waals surface area contributed by atoms with Gasteiger partial charge in [0.15, 0.2) is 5.11 Å². The molecule has 1 fully saturated rings. The predicted molar refractivity (Wildman–Crippen MR) is 160 cm³/mol. The fraction of sp³-hybridized carbons (Fsp3) is 0.233. The maximum absolute atomic E-state index is 13.3. The van der Waals surface area contributed by atoms with E-state index in [-0.39, 0.29) is 35.9 Å². The van der Waals surface area contributed by atoms with Gasteiger partial charge in [0.2, 0.25) is 5.91 Å². The Bertz CT molecular complexity index is 1640. The number of non-ortho nitro benzene ring substituents is 1. The Morgan fingerprint density at radius 2 is 1.93 bits per heavy atom. The van der Waals surface area contributed by atoms with Crippen molar-refractivity contribution < 1.29 is 18.8 Å². The Kier molecular flexibility index (Phi) is 8.16. The van der Waals surface area contributed by atoms with Crippen molar-refractivity contribution in [3.05, 3.63) is 112 Å². The van der Waals surface area contributed by atoms with E-state index < -0.39 is 4.92 Å². The van der Waals surface area contributed by atoms with E-state index in [0.717, 1.165) is 22.6 Å². The van der Waals surface area contributed by atoms with E-state index in [4.69, 9.17) is 17.0 Å². The molecule has 2 aromatic carbocycles. The van der Waals surface area contributed by atoms with Crippen molar-refractivity contribution in [2.45, 2.75) is 32.4 Å². The molecule has 1 aliphatic heterocycles. The van der Waals surface area contributed by atoms with Gasteiger partial charge in [-0.1, -0.05) is 6.07 Å². The Morgan fingerprint density at radius 1 is 1.17 bits per heavy atom. The normalized spacial score (nSPS) is 16.3. The molecule has 10 nitrogen and oxygen atoms in total. The highest BCUT2D eigenvalue weighted by molar-refractivity contribution is 7.80. The van der Waals surface area contributed by atoms with Crippen LogP contribution in [0.3, 0.4) is 0 Å². The first-order valence-electron chi connectivity index (χ1n) is 13.2. The molecule has 3 heterocycles. The van der Waals surface area contributed by atoms with Crippen LogP contribution in [0.5, 0.6) is 5.75 Å². The molecule has 0 saturated carbocycles. The first-order valence-corrected chi connectivity index (χ1v) is 13.6. The lowest BCUT2D eigenvalue weighted by molar-refractivity contribution is -0.384. The smallest absolute Gasteiger partial charge is 0.273 e. The van der Waals surface area contributed by atoms with Crippen molar-refractivity contribution >= 4 is 34.6 Å². The highest BCUT2D eigenvalue weighted by Crippen LogP contribution is 2.42. The van der Waals surface area contributed by atoms with Crippen molar-refractivity contribution in [2.24, 2.45) is 0 Å². The van der Waals surface area contributed by atoms with Crippen LogP contribution >= 0.6 is 12.2 Å². The minimum atomic E-state index is -0.459. The molecule has 12 heteroatoms. The van der Waals surface area contributed by atoms with Gasteiger partial charge in [-0.25, -0.2) is 4.39 Å². The summed E-state index contributed by atoms with van der Waals surface area (Å²) < 4.78 is 20.8. The second-order valence-electron chi connectivity index (χ2n) is 9.90. The van der Waals surface area contributed by atoms with E-state index in [0.29, 0.717) is 28.8 Å². The summed E-state index contributed by atoms with van der Waals surface area (Å²) in [6.45, 7) is 4.24. The van der Waals surface area contributed by atoms with Gasteiger partial charge in [0.1, 0.15) is 11.6 Å². The quantitative estimate of drug-likeness (QED) is 0.149. The van der Waals surface area contributed by atoms with Crippen LogP contribution in [0.15, 0.2) is 72.9 Å². The number of amides is 1. The lowest BCUT2D eigenvalue weighted by Crippen LogP contribution is -2.32. The lowest BCUT2D eigenvalue weighted by atomic mass is 9.96. The SMILES string of the molecule is COc1cc([N+](=O)[O-])ccc1-n1c(C)cc([C@H]2[C@H](c3ccccn3)NC(=S)N2CCC(=O)Nc2ccc(F)cc2)c1C. The van der Waals surface area contributed by atoms with Crippen molar-refractivity contribution in [2.75, 3.05) is 19.0 Å². The first-order chi connectivity index (χ1) is 20.2. The van der Waals surface area contributed by atoms with Crippen LogP contribution in [-0.2, 0) is 4.79 Å². The molecule has 0 aliphatic carbocycles. The standard InChI is InChI=1S/C30H29FN6O4S/c1-18-16-23(19(2)36(18)25-12-11-22(37(39)40)17-26(25)41-3)29-28(24-6-4-5-14-32-24)34-30(42)35(29)15-13-27(38)33-21-9-7-20(31)8-10-21/h4-12,14,16-17,28-29H,13,15H2,1-3H3,(H,33,38)(H,34,42)/t28-,29-/m0/s1. The number of thiocarbonyl (C=S) groups is 1. The molecule has 216 valence electrons. The Hall–Kier alpha value is -4.84. The molecule has 1 saturated heterocycles. The second kappa shape index (κ2) is 12.0. The zero-order valence-electron chi connectivity index (χ0n) is 23.2. The fourth-order valence-corrected chi connectivity index (χ4v) is 5.72. The summed E-state index contributed by atoms with van der Waals surface area (Å²) in [4.78, 5) is 30.3. The summed E-state index contributed by atoms with van der Waals surface area (Å²) in [6, 6.07) is 17.3. The average molecular weight is 589 g/mol. The minimum Gasteiger partial charge on any atom is -0.494 e. The van der Waals surface area contributed by atoms with Gasteiger partial charge in [0, 0.05) is 42.3 Å². The molecular formula is C30H29FN6O4S. The van der Waals surface area contributed by atoms with Crippen LogP contribution in [0.25, 0.3) is 5.69 Å². The molecule has 0 bridgehead atoms. The van der Waals surface area contributed by atoms with E-state index >= 15 is 0 Å². The lowest BCUT2D eigenvalue weighted by Gasteiger charge is -2.28. The predicted octanol–water partition coefficient (Wildman–Crippen LogP) is 5.55. The number of hydrogen-bond donors (Lipinski definition) is 2. The third kappa shape index (κ3) is 5.66. The Balaban J connectivity index is 1.50. The third-order valence-electron chi connectivity index (χ3n) is 7.31. The molecule has 1 amide bonds. The number of hydrogen-bond acceptors (Lipinski definition) is 6. The number of nitro groups is 1. The number of aromatic nitrogens is 2. The molecule has 42 heavy (non-hydrogen) atoms. The number of nitrogens with one attached hydrogen (secondary N) is 2. The summed E-state index contributed by atoms with van der Waals surface area (Å²) in [5.74, 6) is -0.243. The number of anilines is 1. The number of carbonyl (C=O) groups excluding carboxylic acids is 1. The summed E-state index contributed by atoms with van der Waals surface area (Å²) in [7, 11) is 1.48. The average Bonchev–Trinajstić information content (AvgIpc) is 3.47. The summed E-state index contributed by atoms with van der Waals surface area (Å²) >= 11 is 5.77. The minimum absolute atomic E-state index is 0.0658. The summed E-state index contributed by atoms with van der Waals surface area (Å²) in [6.07, 6.45) is 1.86. The van der Waals surface area contributed by atoms with Crippen molar-refractivity contribution in [1.29, 1.82) is 0 Å². The highest BCUT2D eigenvalue weighted by Gasteiger charge is 2.41. The molecule has 4 aromatic rings. The second-order valence-corrected chi connectivity index (χ2v) is 10.3. The van der Waals surface area contributed by atoms with Crippen LogP contribution in [0.4, 0.5) is 15.8 Å². The molecule has 1 aliphatic rings. The summed E-state index contributed by atoms with van der Waals surface area (Å²) in [5, 5.41) is 18.1. The van der Waals surface area contributed by atoms with Crippen LogP contribution in [-0.4, -0.2) is 44.0 Å². The third-order valence-corrected chi connectivity index (χ3v) is 7.66. The number of nitrogens with zero attached hydrogens (tertiary/aromatic N) is 4. The topological polar surface area (TPSA) is 115 Å². The summed E-state index contributed by atoms with van der Waals surface area (Å²) in [5.41, 5.74) is 4.63. The van der Waals surface area contributed by atoms with Crippen molar-refractivity contribution in [3.8, 4) is 11.4 Å². The number of halogens is 1. The van der Waals surface area contributed by atoms with Gasteiger partial charge in [-0.05, 0) is 80.2 Å². The van der Waals surface area contributed by atoms with Gasteiger partial charge in [-0.2, -0.15) is 0 Å². The molecular weight excluding hydrogens is 559 g/mol. The van der Waals surface area contributed by atoms with Crippen LogP contribution in [0, 0.1) is 29.8 Å². The van der Waals surface area contributed by atoms with E-state index in [1.807, 2.05) is 41.5 Å². The number of methoxy groups -OCH3 is 1. The van der Waals surface area contributed by atoms with Crippen LogP contribution < -0.4 is 15.4 Å². The monoisotopic (exact) mass is 588 g/mol. The Labute approximate surface area is 247 Å². The van der Waals surface area contributed by atoms with Crippen molar-refractivity contribution in [1.82, 2.24) is 19.8 Å². The fourth-order valence-electron chi connectivity index (χ4n) is 5.39. The number of benzene rings is 2. The Morgan fingerprint density at radius 3 is 2.60 bits per heavy atom. The molecule has 0 unspecified atom stereocenters. The number of aryl methyl sites for hydroxylation is 1. The molecule has 0 spiro atoms. The zero-order valence-corrected chi connectivity index (χ0v) is 24.0. The van der Waals surface area contributed by atoms with Gasteiger partial charge >= 0.3 is 0 Å². The maximum Gasteiger partial charge on any atom is 0.273 e. The van der Waals surface area contributed by atoms with Gasteiger partial charge in [-0.3, -0.25) is 19.9 Å². The first kappa shape index (κ1) is 28.7. The highest BCUT2D eigenvalue weighted by atomic mass is 32.1. The number of ether oxygens (including phenoxy) is 1. The number of carbonyl (C=O) groups is 1. The van der Waals surface area contributed by atoms with Gasteiger partial charge in [0.05, 0.1) is 41.6 Å². The zero-order chi connectivity index (χ0) is 30.0. The maximum atomic E-state index is 13.3. The largest absolute Gasteiger partial charge is 0.494 e. The van der Waals surface area contributed by atoms with E-state index in [2.05, 4.69) is 21.7 Å². The van der Waals surface area contributed by atoms with Crippen molar-refractivity contribution in [3.63, 3.8) is 0 Å².